The van der Waals surface area contributed by atoms with Gasteiger partial charge < -0.3 is 0 Å². The average molecular weight is 525 g/mol. The zero-order valence-electron chi connectivity index (χ0n) is 21.3. The fourth-order valence-corrected chi connectivity index (χ4v) is 10.3. The Labute approximate surface area is 228 Å². The molecule has 6 rings (SSSR count). The second kappa shape index (κ2) is 10.6. The molecule has 0 fully saturated rings. The number of hydrogen-bond donors (Lipinski definition) is 0. The van der Waals surface area contributed by atoms with Crippen LogP contribution in [0.25, 0.3) is 22.3 Å². The molecule has 0 heterocycles. The van der Waals surface area contributed by atoms with E-state index < -0.39 is 8.07 Å². The van der Waals surface area contributed by atoms with Gasteiger partial charge in [-0.05, 0) is 49.6 Å². The summed E-state index contributed by atoms with van der Waals surface area (Å²) in [6.45, 7) is 0. The zero-order chi connectivity index (χ0) is 26.7. The van der Waals surface area contributed by atoms with Crippen LogP contribution >= 0.6 is 0 Å². The Hall–Kier alpha value is -4.60. The highest BCUT2D eigenvalue weighted by Gasteiger charge is 2.43. The summed E-state index contributed by atoms with van der Waals surface area (Å²) in [4.78, 5) is 0. The van der Waals surface area contributed by atoms with Gasteiger partial charge in [-0.25, -0.2) is 8.78 Å². The monoisotopic (exact) mass is 524 g/mol. The summed E-state index contributed by atoms with van der Waals surface area (Å²) < 4.78 is 30.5. The van der Waals surface area contributed by atoms with Crippen molar-refractivity contribution in [3.05, 3.63) is 169 Å². The predicted molar refractivity (Wildman–Crippen MR) is 161 cm³/mol. The van der Waals surface area contributed by atoms with Gasteiger partial charge in [0.15, 0.2) is 8.07 Å². The molecule has 0 bridgehead atoms. The van der Waals surface area contributed by atoms with Crippen molar-refractivity contribution in [3.63, 3.8) is 0 Å². The summed E-state index contributed by atoms with van der Waals surface area (Å²) in [5, 5.41) is 3.90. The lowest BCUT2D eigenvalue weighted by Crippen LogP contribution is -2.75. The molecule has 0 saturated heterocycles. The van der Waals surface area contributed by atoms with E-state index in [0.29, 0.717) is 10.8 Å². The van der Waals surface area contributed by atoms with Crippen molar-refractivity contribution >= 4 is 28.8 Å². The summed E-state index contributed by atoms with van der Waals surface area (Å²) in [7, 11) is -3.07. The van der Waals surface area contributed by atoms with Crippen LogP contribution in [0.4, 0.5) is 8.78 Å². The van der Waals surface area contributed by atoms with Gasteiger partial charge >= 0.3 is 0 Å². The van der Waals surface area contributed by atoms with E-state index in [1.807, 2.05) is 66.7 Å². The van der Waals surface area contributed by atoms with Gasteiger partial charge in [0, 0.05) is 5.56 Å². The zero-order valence-corrected chi connectivity index (χ0v) is 22.3. The summed E-state index contributed by atoms with van der Waals surface area (Å²) in [6, 6.07) is 51.0. The molecule has 0 aliphatic rings. The number of benzene rings is 6. The lowest BCUT2D eigenvalue weighted by Gasteiger charge is -2.34. The van der Waals surface area contributed by atoms with Crippen molar-refractivity contribution in [3.8, 4) is 22.3 Å². The third-order valence-electron chi connectivity index (χ3n) is 7.41. The molecule has 0 aromatic heterocycles. The highest BCUT2D eigenvalue weighted by Crippen LogP contribution is 2.23. The van der Waals surface area contributed by atoms with Crippen LogP contribution in [0, 0.1) is 11.6 Å². The maximum atomic E-state index is 15.9. The van der Waals surface area contributed by atoms with Crippen molar-refractivity contribution in [1.82, 2.24) is 0 Å². The fourth-order valence-electron chi connectivity index (χ4n) is 5.56. The normalized spacial score (nSPS) is 12.6. The first-order chi connectivity index (χ1) is 19.2. The van der Waals surface area contributed by atoms with E-state index in [1.165, 1.54) is 6.07 Å². The molecule has 6 aromatic rings. The second-order valence-corrected chi connectivity index (χ2v) is 13.4. The van der Waals surface area contributed by atoms with Crippen molar-refractivity contribution in [2.75, 3.05) is 0 Å². The van der Waals surface area contributed by atoms with Crippen LogP contribution in [-0.4, -0.2) is 8.07 Å². The quantitative estimate of drug-likeness (QED) is 0.169. The predicted octanol–water partition coefficient (Wildman–Crippen LogP) is 6.68. The fraction of sp³-hybridized carbons (Fsp3) is 0. The molecule has 0 spiro atoms. The summed E-state index contributed by atoms with van der Waals surface area (Å²) in [5.41, 5.74) is 3.59. The Kier molecular flexibility index (Phi) is 6.74. The Bertz CT molecular complexity index is 1700. The minimum absolute atomic E-state index is 0.224. The van der Waals surface area contributed by atoms with Gasteiger partial charge in [0.05, 0.1) is 0 Å². The molecule has 3 heteroatoms. The molecule has 0 aliphatic carbocycles. The first-order valence-electron chi connectivity index (χ1n) is 13.0. The first kappa shape index (κ1) is 24.7. The van der Waals surface area contributed by atoms with Gasteiger partial charge in [0.25, 0.3) is 0 Å². The standard InChI is InChI=1S/C36H26F2Si/c37-34-16-8-7-15-33(34)29-21-25-32(26-22-29)39(30-13-5-2-6-14-30,36-18-10-9-17-35(36)38)31-23-19-28(20-24-31)27-11-3-1-4-12-27/h1-26H. The average Bonchev–Trinajstić information content (AvgIpc) is 3.00. The van der Waals surface area contributed by atoms with E-state index in [-0.39, 0.29) is 11.6 Å². The molecule has 0 amide bonds. The molecule has 39 heavy (non-hydrogen) atoms. The van der Waals surface area contributed by atoms with Crippen molar-refractivity contribution < 1.29 is 8.78 Å². The summed E-state index contributed by atoms with van der Waals surface area (Å²) in [6.07, 6.45) is 0. The molecule has 188 valence electrons. The Balaban J connectivity index is 1.60. The third-order valence-corrected chi connectivity index (χ3v) is 12.2. The summed E-state index contributed by atoms with van der Waals surface area (Å²) >= 11 is 0. The van der Waals surface area contributed by atoms with Gasteiger partial charge in [-0.15, -0.1) is 0 Å². The highest BCUT2D eigenvalue weighted by molar-refractivity contribution is 7.19. The van der Waals surface area contributed by atoms with Crippen LogP contribution in [0.5, 0.6) is 0 Å². The SMILES string of the molecule is Fc1ccccc1-c1ccc([Si](c2ccccc2)(c2ccc(-c3ccccc3)cc2)c2ccccc2F)cc1. The minimum Gasteiger partial charge on any atom is -0.207 e. The molecule has 0 aliphatic heterocycles. The smallest absolute Gasteiger partial charge is 0.182 e. The van der Waals surface area contributed by atoms with Crippen LogP contribution in [0.15, 0.2) is 158 Å². The third kappa shape index (κ3) is 4.51. The maximum Gasteiger partial charge on any atom is 0.182 e. The van der Waals surface area contributed by atoms with E-state index in [0.717, 1.165) is 32.3 Å². The van der Waals surface area contributed by atoms with E-state index in [2.05, 4.69) is 60.7 Å². The number of hydrogen-bond acceptors (Lipinski definition) is 0. The molecule has 0 N–H and O–H groups in total. The molecule has 6 aromatic carbocycles. The van der Waals surface area contributed by atoms with Crippen LogP contribution in [0.1, 0.15) is 0 Å². The van der Waals surface area contributed by atoms with E-state index >= 15 is 4.39 Å². The first-order valence-corrected chi connectivity index (χ1v) is 15.0. The molecule has 1 atom stereocenters. The number of halogens is 2. The molecule has 0 saturated carbocycles. The van der Waals surface area contributed by atoms with Crippen molar-refractivity contribution in [1.29, 1.82) is 0 Å². The Morgan fingerprint density at radius 3 is 1.36 bits per heavy atom. The highest BCUT2D eigenvalue weighted by atomic mass is 28.3. The topological polar surface area (TPSA) is 0 Å². The molecule has 0 nitrogen and oxygen atoms in total. The van der Waals surface area contributed by atoms with E-state index in [1.54, 1.807) is 24.3 Å². The van der Waals surface area contributed by atoms with Crippen molar-refractivity contribution in [2.24, 2.45) is 0 Å². The minimum atomic E-state index is -3.07. The van der Waals surface area contributed by atoms with Gasteiger partial charge in [-0.1, -0.05) is 146 Å². The summed E-state index contributed by atoms with van der Waals surface area (Å²) in [5.74, 6) is -0.485. The van der Waals surface area contributed by atoms with Gasteiger partial charge in [-0.2, -0.15) is 0 Å². The van der Waals surface area contributed by atoms with E-state index in [9.17, 15) is 4.39 Å². The number of rotatable bonds is 6. The van der Waals surface area contributed by atoms with Crippen LogP contribution in [0.2, 0.25) is 0 Å². The van der Waals surface area contributed by atoms with Crippen LogP contribution < -0.4 is 20.7 Å². The largest absolute Gasteiger partial charge is 0.207 e. The van der Waals surface area contributed by atoms with E-state index in [4.69, 9.17) is 0 Å². The molecular weight excluding hydrogens is 498 g/mol. The van der Waals surface area contributed by atoms with Gasteiger partial charge in [0.1, 0.15) is 11.6 Å². The van der Waals surface area contributed by atoms with Crippen molar-refractivity contribution in [2.45, 2.75) is 0 Å². The molecule has 0 radical (unpaired) electrons. The second-order valence-electron chi connectivity index (χ2n) is 9.60. The maximum absolute atomic E-state index is 15.9. The van der Waals surface area contributed by atoms with Gasteiger partial charge in [-0.3, -0.25) is 0 Å². The molecular formula is C36H26F2Si. The Morgan fingerprint density at radius 1 is 0.333 bits per heavy atom. The Morgan fingerprint density at radius 2 is 0.769 bits per heavy atom. The lowest BCUT2D eigenvalue weighted by molar-refractivity contribution is 0.631. The lowest BCUT2D eigenvalue weighted by atomic mass is 10.1. The molecule has 1 unspecified atom stereocenters. The van der Waals surface area contributed by atoms with Crippen LogP contribution in [-0.2, 0) is 0 Å². The van der Waals surface area contributed by atoms with Crippen LogP contribution in [0.3, 0.4) is 0 Å². The van der Waals surface area contributed by atoms with Gasteiger partial charge in [0.2, 0.25) is 0 Å².